The topological polar surface area (TPSA) is 63.1 Å². The van der Waals surface area contributed by atoms with Gasteiger partial charge in [0.15, 0.2) is 5.69 Å². The molecule has 154 valence electrons. The summed E-state index contributed by atoms with van der Waals surface area (Å²) in [4.78, 5) is 15.3. The number of carbonyl (C=O) groups excluding carboxylic acids is 1. The lowest BCUT2D eigenvalue weighted by atomic mass is 9.99. The van der Waals surface area contributed by atoms with Gasteiger partial charge >= 0.3 is 0 Å². The van der Waals surface area contributed by atoms with Gasteiger partial charge in [0.25, 0.3) is 5.91 Å². The van der Waals surface area contributed by atoms with Gasteiger partial charge in [0.2, 0.25) is 0 Å². The second kappa shape index (κ2) is 7.87. The van der Waals surface area contributed by atoms with E-state index in [1.807, 2.05) is 28.9 Å². The fraction of sp³-hybridized carbons (Fsp3) is 0.348. The molecule has 3 aromatic rings. The van der Waals surface area contributed by atoms with E-state index in [0.29, 0.717) is 18.2 Å². The summed E-state index contributed by atoms with van der Waals surface area (Å²) in [5.41, 5.74) is 6.05. The highest BCUT2D eigenvalue weighted by atomic mass is 79.9. The molecule has 1 aliphatic heterocycles. The fourth-order valence-electron chi connectivity index (χ4n) is 4.16. The highest BCUT2D eigenvalue weighted by Gasteiger charge is 2.34. The quantitative estimate of drug-likeness (QED) is 0.612. The molecule has 1 N–H and O–H groups in total. The second-order valence-corrected chi connectivity index (χ2v) is 9.07. The van der Waals surface area contributed by atoms with Crippen molar-refractivity contribution in [2.45, 2.75) is 38.1 Å². The SMILES string of the molecule is CN1CCCc2cc(CNC(=O)c3nnn(-c4ccc(Br)cc4)c3C3CC3)ccc21. The first-order valence-electron chi connectivity index (χ1n) is 10.4. The molecule has 1 saturated carbocycles. The Morgan fingerprint density at radius 2 is 2.00 bits per heavy atom. The van der Waals surface area contributed by atoms with E-state index in [-0.39, 0.29) is 5.91 Å². The van der Waals surface area contributed by atoms with E-state index in [0.717, 1.165) is 47.2 Å². The summed E-state index contributed by atoms with van der Waals surface area (Å²) in [6.07, 6.45) is 4.41. The van der Waals surface area contributed by atoms with Crippen molar-refractivity contribution in [3.63, 3.8) is 0 Å². The molecule has 0 bridgehead atoms. The Kier molecular flexibility index (Phi) is 5.06. The number of hydrogen-bond acceptors (Lipinski definition) is 4. The lowest BCUT2D eigenvalue weighted by molar-refractivity contribution is 0.0944. The molecular weight excluding hydrogens is 442 g/mol. The van der Waals surface area contributed by atoms with Crippen LogP contribution in [0.1, 0.15) is 52.5 Å². The van der Waals surface area contributed by atoms with Gasteiger partial charge in [0.05, 0.1) is 11.4 Å². The van der Waals surface area contributed by atoms with Gasteiger partial charge in [-0.3, -0.25) is 4.79 Å². The average Bonchev–Trinajstić information content (AvgIpc) is 3.50. The molecule has 0 saturated heterocycles. The lowest BCUT2D eigenvalue weighted by Gasteiger charge is -2.27. The number of fused-ring (bicyclic) bond motifs is 1. The van der Waals surface area contributed by atoms with Crippen LogP contribution in [0.5, 0.6) is 0 Å². The van der Waals surface area contributed by atoms with Crippen LogP contribution in [0, 0.1) is 0 Å². The fourth-order valence-corrected chi connectivity index (χ4v) is 4.43. The Labute approximate surface area is 184 Å². The van der Waals surface area contributed by atoms with Crippen molar-refractivity contribution < 1.29 is 4.79 Å². The van der Waals surface area contributed by atoms with E-state index in [2.05, 4.69) is 61.7 Å². The van der Waals surface area contributed by atoms with Gasteiger partial charge in [0.1, 0.15) is 0 Å². The van der Waals surface area contributed by atoms with E-state index in [9.17, 15) is 4.79 Å². The number of halogens is 1. The number of amides is 1. The third-order valence-corrected chi connectivity index (χ3v) is 6.43. The lowest BCUT2D eigenvalue weighted by Crippen LogP contribution is -2.26. The summed E-state index contributed by atoms with van der Waals surface area (Å²) >= 11 is 3.46. The average molecular weight is 466 g/mol. The zero-order valence-corrected chi connectivity index (χ0v) is 18.5. The number of rotatable bonds is 5. The van der Waals surface area contributed by atoms with Crippen molar-refractivity contribution in [3.05, 3.63) is 69.5 Å². The molecule has 0 spiro atoms. The maximum absolute atomic E-state index is 13.0. The second-order valence-electron chi connectivity index (χ2n) is 8.16. The summed E-state index contributed by atoms with van der Waals surface area (Å²) in [7, 11) is 2.13. The number of hydrogen-bond donors (Lipinski definition) is 1. The van der Waals surface area contributed by atoms with Crippen molar-refractivity contribution in [1.29, 1.82) is 0 Å². The monoisotopic (exact) mass is 465 g/mol. The number of aryl methyl sites for hydroxylation is 1. The number of nitrogens with one attached hydrogen (secondary N) is 1. The Bertz CT molecular complexity index is 1090. The molecule has 2 aromatic carbocycles. The van der Waals surface area contributed by atoms with Crippen LogP contribution >= 0.6 is 15.9 Å². The number of benzene rings is 2. The van der Waals surface area contributed by atoms with Crippen molar-refractivity contribution in [2.75, 3.05) is 18.5 Å². The van der Waals surface area contributed by atoms with Crippen molar-refractivity contribution >= 4 is 27.5 Å². The molecule has 1 fully saturated rings. The highest BCUT2D eigenvalue weighted by Crippen LogP contribution is 2.42. The van der Waals surface area contributed by atoms with Gasteiger partial charge in [-0.05, 0) is 67.1 Å². The van der Waals surface area contributed by atoms with E-state index in [1.165, 1.54) is 17.7 Å². The molecule has 1 aromatic heterocycles. The van der Waals surface area contributed by atoms with Crippen LogP contribution in [0.3, 0.4) is 0 Å². The summed E-state index contributed by atoms with van der Waals surface area (Å²) < 4.78 is 2.82. The molecule has 0 atom stereocenters. The Morgan fingerprint density at radius 3 is 2.77 bits per heavy atom. The van der Waals surface area contributed by atoms with E-state index in [4.69, 9.17) is 0 Å². The molecule has 1 amide bonds. The molecular formula is C23H24BrN5O. The minimum Gasteiger partial charge on any atom is -0.374 e. The number of nitrogens with zero attached hydrogens (tertiary/aromatic N) is 4. The Balaban J connectivity index is 1.35. The molecule has 0 radical (unpaired) electrons. The maximum atomic E-state index is 13.0. The van der Waals surface area contributed by atoms with Crippen LogP contribution in [0.15, 0.2) is 46.9 Å². The third-order valence-electron chi connectivity index (χ3n) is 5.90. The van der Waals surface area contributed by atoms with Crippen molar-refractivity contribution in [2.24, 2.45) is 0 Å². The molecule has 30 heavy (non-hydrogen) atoms. The first-order valence-corrected chi connectivity index (χ1v) is 11.2. The molecule has 2 aliphatic rings. The normalized spacial score (nSPS) is 15.7. The molecule has 6 nitrogen and oxygen atoms in total. The number of anilines is 1. The third kappa shape index (κ3) is 3.74. The van der Waals surface area contributed by atoms with Crippen LogP contribution in [-0.4, -0.2) is 34.5 Å². The maximum Gasteiger partial charge on any atom is 0.274 e. The summed E-state index contributed by atoms with van der Waals surface area (Å²) in [6, 6.07) is 14.4. The van der Waals surface area contributed by atoms with Crippen LogP contribution < -0.4 is 10.2 Å². The van der Waals surface area contributed by atoms with E-state index < -0.39 is 0 Å². The summed E-state index contributed by atoms with van der Waals surface area (Å²) in [6.45, 7) is 1.59. The van der Waals surface area contributed by atoms with Gasteiger partial charge in [0, 0.05) is 36.2 Å². The predicted molar refractivity (Wildman–Crippen MR) is 120 cm³/mol. The molecule has 0 unspecified atom stereocenters. The minimum atomic E-state index is -0.157. The molecule has 7 heteroatoms. The largest absolute Gasteiger partial charge is 0.374 e. The van der Waals surface area contributed by atoms with Crippen LogP contribution in [0.25, 0.3) is 5.69 Å². The van der Waals surface area contributed by atoms with E-state index in [1.54, 1.807) is 0 Å². The molecule has 2 heterocycles. The summed E-state index contributed by atoms with van der Waals surface area (Å²) in [5.74, 6) is 0.193. The van der Waals surface area contributed by atoms with Gasteiger partial charge in [-0.25, -0.2) is 4.68 Å². The zero-order chi connectivity index (χ0) is 20.7. The minimum absolute atomic E-state index is 0.157. The Morgan fingerprint density at radius 1 is 1.20 bits per heavy atom. The van der Waals surface area contributed by atoms with Crippen molar-refractivity contribution in [3.8, 4) is 5.69 Å². The highest BCUT2D eigenvalue weighted by molar-refractivity contribution is 9.10. The smallest absolute Gasteiger partial charge is 0.274 e. The first kappa shape index (κ1) is 19.3. The standard InChI is InChI=1S/C23H24BrN5O/c1-28-12-2-3-17-13-15(4-11-20(17)28)14-25-23(30)21-22(16-5-6-16)29(27-26-21)19-9-7-18(24)8-10-19/h4,7-11,13,16H,2-3,5-6,12,14H2,1H3,(H,25,30). The van der Waals surface area contributed by atoms with Crippen LogP contribution in [-0.2, 0) is 13.0 Å². The van der Waals surface area contributed by atoms with Crippen molar-refractivity contribution in [1.82, 2.24) is 20.3 Å². The summed E-state index contributed by atoms with van der Waals surface area (Å²) in [5, 5.41) is 11.6. The van der Waals surface area contributed by atoms with Crippen LogP contribution in [0.4, 0.5) is 5.69 Å². The van der Waals surface area contributed by atoms with Gasteiger partial charge < -0.3 is 10.2 Å². The van der Waals surface area contributed by atoms with Gasteiger partial charge in [-0.15, -0.1) is 5.10 Å². The van der Waals surface area contributed by atoms with Gasteiger partial charge in [-0.2, -0.15) is 0 Å². The first-order chi connectivity index (χ1) is 14.6. The van der Waals surface area contributed by atoms with Gasteiger partial charge in [-0.1, -0.05) is 33.3 Å². The molecule has 1 aliphatic carbocycles. The predicted octanol–water partition coefficient (Wildman–Crippen LogP) is 4.22. The zero-order valence-electron chi connectivity index (χ0n) is 16.9. The number of aromatic nitrogens is 3. The number of carbonyl (C=O) groups is 1. The van der Waals surface area contributed by atoms with E-state index >= 15 is 0 Å². The molecule has 5 rings (SSSR count). The Hall–Kier alpha value is -2.67. The van der Waals surface area contributed by atoms with Crippen LogP contribution in [0.2, 0.25) is 0 Å².